The first-order chi connectivity index (χ1) is 17.9. The molecule has 0 aliphatic heterocycles. The van der Waals surface area contributed by atoms with Crippen molar-refractivity contribution in [2.45, 2.75) is 32.4 Å². The Balaban J connectivity index is 1.39. The molecule has 194 valence electrons. The van der Waals surface area contributed by atoms with Crippen LogP contribution in [0.2, 0.25) is 0 Å². The van der Waals surface area contributed by atoms with Gasteiger partial charge in [-0.15, -0.1) is 11.3 Å². The van der Waals surface area contributed by atoms with Crippen LogP contribution in [0.15, 0.2) is 66.0 Å². The van der Waals surface area contributed by atoms with E-state index in [2.05, 4.69) is 26.3 Å². The van der Waals surface area contributed by atoms with Crippen molar-refractivity contribution in [1.29, 1.82) is 0 Å². The van der Waals surface area contributed by atoms with Crippen molar-refractivity contribution in [2.24, 2.45) is 5.92 Å². The van der Waals surface area contributed by atoms with E-state index in [1.807, 2.05) is 60.7 Å². The first-order valence-electron chi connectivity index (χ1n) is 11.8. The first kappa shape index (κ1) is 27.3. The van der Waals surface area contributed by atoms with Crippen LogP contribution in [0.5, 0.6) is 0 Å². The maximum Gasteiger partial charge on any atom is 0.321 e. The number of nitrogens with zero attached hydrogens (tertiary/aromatic N) is 1. The summed E-state index contributed by atoms with van der Waals surface area (Å²) in [6.45, 7) is 0.925. The fraction of sp³-hybridized carbons (Fsp3) is 0.269. The van der Waals surface area contributed by atoms with Gasteiger partial charge in [0.2, 0.25) is 5.91 Å². The van der Waals surface area contributed by atoms with E-state index >= 15 is 0 Å². The molecule has 3 rings (SSSR count). The maximum atomic E-state index is 12.5. The normalized spacial score (nSPS) is 11.2. The molecular weight excluding hydrogens is 494 g/mol. The van der Waals surface area contributed by atoms with E-state index in [1.54, 1.807) is 0 Å². The topological polar surface area (TPSA) is 150 Å². The lowest BCUT2D eigenvalue weighted by Gasteiger charge is -2.15. The minimum absolute atomic E-state index is 0.158. The summed E-state index contributed by atoms with van der Waals surface area (Å²) in [4.78, 5) is 52.3. The lowest BCUT2D eigenvalue weighted by Crippen LogP contribution is -2.32. The highest BCUT2D eigenvalue weighted by molar-refractivity contribution is 7.14. The van der Waals surface area contributed by atoms with Crippen LogP contribution in [0.25, 0.3) is 0 Å². The molecule has 1 atom stereocenters. The number of carboxylic acid groups (broad SMARTS) is 1. The number of carbonyl (C=O) groups excluding carboxylic acids is 3. The van der Waals surface area contributed by atoms with Gasteiger partial charge >= 0.3 is 12.0 Å². The molecule has 11 heteroatoms. The molecular formula is C26H29N5O5S. The Morgan fingerprint density at radius 3 is 2.11 bits per heavy atom. The van der Waals surface area contributed by atoms with E-state index in [0.29, 0.717) is 25.9 Å². The standard InChI is InChI=1S/C26H29N5O5S/c32-22(33)14-20(23(34)28-15-18-8-3-1-4-9-18)12-7-13-27-24(35)21-17-37-26(30-21)31-25(36)29-16-19-10-5-2-6-11-19/h1-6,8-11,17,20H,7,12-16H2,(H,27,35)(H,28,34)(H,32,33)(H2,29,30,31,36)/t20-/m0/s1. The molecule has 37 heavy (non-hydrogen) atoms. The molecule has 4 amide bonds. The fourth-order valence-corrected chi connectivity index (χ4v) is 4.15. The second-order valence-corrected chi connectivity index (χ2v) is 9.09. The number of benzene rings is 2. The minimum atomic E-state index is -1.06. The highest BCUT2D eigenvalue weighted by atomic mass is 32.1. The summed E-state index contributed by atoms with van der Waals surface area (Å²) in [6.07, 6.45) is 0.431. The predicted octanol–water partition coefficient (Wildman–Crippen LogP) is 3.38. The van der Waals surface area contributed by atoms with Gasteiger partial charge in [0, 0.05) is 30.9 Å². The largest absolute Gasteiger partial charge is 0.481 e. The monoisotopic (exact) mass is 523 g/mol. The molecule has 0 fully saturated rings. The average molecular weight is 524 g/mol. The van der Waals surface area contributed by atoms with E-state index in [0.717, 1.165) is 22.5 Å². The molecule has 2 aromatic carbocycles. The zero-order valence-electron chi connectivity index (χ0n) is 20.1. The summed E-state index contributed by atoms with van der Waals surface area (Å²) in [5, 5.41) is 21.8. The number of carboxylic acids is 1. The summed E-state index contributed by atoms with van der Waals surface area (Å²) < 4.78 is 0. The van der Waals surface area contributed by atoms with Crippen LogP contribution in [0.1, 0.15) is 40.9 Å². The number of amides is 4. The summed E-state index contributed by atoms with van der Waals surface area (Å²) in [6, 6.07) is 18.4. The van der Waals surface area contributed by atoms with Crippen molar-refractivity contribution in [3.05, 3.63) is 82.9 Å². The van der Waals surface area contributed by atoms with Crippen LogP contribution in [0.4, 0.5) is 9.93 Å². The number of aliphatic carboxylic acids is 1. The molecule has 3 aromatic rings. The van der Waals surface area contributed by atoms with Crippen molar-refractivity contribution in [3.8, 4) is 0 Å². The Bertz CT molecular complexity index is 1190. The zero-order valence-corrected chi connectivity index (χ0v) is 20.9. The van der Waals surface area contributed by atoms with Crippen LogP contribution in [0.3, 0.4) is 0 Å². The summed E-state index contributed by atoms with van der Waals surface area (Å²) in [5.41, 5.74) is 2.03. The predicted molar refractivity (Wildman–Crippen MR) is 140 cm³/mol. The van der Waals surface area contributed by atoms with Gasteiger partial charge in [-0.25, -0.2) is 9.78 Å². The SMILES string of the molecule is O=C(O)C[C@H](CCCNC(=O)c1csc(NC(=O)NCc2ccccc2)n1)C(=O)NCc1ccccc1. The number of nitrogens with one attached hydrogen (secondary N) is 4. The van der Waals surface area contributed by atoms with Crippen LogP contribution in [-0.2, 0) is 22.7 Å². The number of hydrogen-bond acceptors (Lipinski definition) is 6. The molecule has 0 unspecified atom stereocenters. The van der Waals surface area contributed by atoms with Crippen LogP contribution in [-0.4, -0.2) is 40.5 Å². The van der Waals surface area contributed by atoms with Crippen LogP contribution in [0, 0.1) is 5.92 Å². The van der Waals surface area contributed by atoms with Crippen molar-refractivity contribution < 1.29 is 24.3 Å². The number of urea groups is 1. The second kappa shape index (κ2) is 14.3. The number of hydrogen-bond donors (Lipinski definition) is 5. The molecule has 5 N–H and O–H groups in total. The van der Waals surface area contributed by atoms with E-state index in [1.165, 1.54) is 5.38 Å². The molecule has 0 bridgehead atoms. The van der Waals surface area contributed by atoms with Gasteiger partial charge in [-0.2, -0.15) is 0 Å². The first-order valence-corrected chi connectivity index (χ1v) is 12.6. The number of carbonyl (C=O) groups is 4. The molecule has 0 aliphatic rings. The smallest absolute Gasteiger partial charge is 0.321 e. The average Bonchev–Trinajstić information content (AvgIpc) is 3.37. The third-order valence-corrected chi connectivity index (χ3v) is 6.13. The maximum absolute atomic E-state index is 12.5. The van der Waals surface area contributed by atoms with Crippen molar-refractivity contribution in [1.82, 2.24) is 20.9 Å². The van der Waals surface area contributed by atoms with Gasteiger partial charge in [0.25, 0.3) is 5.91 Å². The number of rotatable bonds is 13. The summed E-state index contributed by atoms with van der Waals surface area (Å²) in [5.74, 6) is -2.52. The van der Waals surface area contributed by atoms with Gasteiger partial charge in [0.05, 0.1) is 6.42 Å². The Labute approximate surface area is 218 Å². The van der Waals surface area contributed by atoms with Gasteiger partial charge in [0.15, 0.2) is 5.13 Å². The third kappa shape index (κ3) is 9.73. The molecule has 10 nitrogen and oxygen atoms in total. The Morgan fingerprint density at radius 2 is 1.49 bits per heavy atom. The lowest BCUT2D eigenvalue weighted by atomic mass is 9.98. The lowest BCUT2D eigenvalue weighted by molar-refractivity contribution is -0.141. The highest BCUT2D eigenvalue weighted by Gasteiger charge is 2.21. The quantitative estimate of drug-likeness (QED) is 0.217. The van der Waals surface area contributed by atoms with Crippen LogP contribution < -0.4 is 21.3 Å². The van der Waals surface area contributed by atoms with E-state index < -0.39 is 23.8 Å². The summed E-state index contributed by atoms with van der Waals surface area (Å²) in [7, 11) is 0. The zero-order chi connectivity index (χ0) is 26.5. The molecule has 0 saturated carbocycles. The van der Waals surface area contributed by atoms with Crippen molar-refractivity contribution in [2.75, 3.05) is 11.9 Å². The number of thiazole rings is 1. The fourth-order valence-electron chi connectivity index (χ4n) is 3.46. The van der Waals surface area contributed by atoms with Gasteiger partial charge in [-0.05, 0) is 24.0 Å². The molecule has 1 aromatic heterocycles. The minimum Gasteiger partial charge on any atom is -0.481 e. The van der Waals surface area contributed by atoms with Gasteiger partial charge < -0.3 is 21.1 Å². The molecule has 0 radical (unpaired) electrons. The van der Waals surface area contributed by atoms with Crippen LogP contribution >= 0.6 is 11.3 Å². The van der Waals surface area contributed by atoms with E-state index in [4.69, 9.17) is 0 Å². The molecule has 0 aliphatic carbocycles. The highest BCUT2D eigenvalue weighted by Crippen LogP contribution is 2.16. The summed E-state index contributed by atoms with van der Waals surface area (Å²) >= 11 is 1.12. The van der Waals surface area contributed by atoms with Gasteiger partial charge in [-0.3, -0.25) is 19.7 Å². The second-order valence-electron chi connectivity index (χ2n) is 8.23. The number of anilines is 1. The van der Waals surface area contributed by atoms with Gasteiger partial charge in [-0.1, -0.05) is 60.7 Å². The van der Waals surface area contributed by atoms with E-state index in [-0.39, 0.29) is 29.7 Å². The van der Waals surface area contributed by atoms with Crippen molar-refractivity contribution >= 4 is 40.3 Å². The Hall–Kier alpha value is -4.25. The van der Waals surface area contributed by atoms with E-state index in [9.17, 15) is 24.3 Å². The number of aromatic nitrogens is 1. The van der Waals surface area contributed by atoms with Gasteiger partial charge in [0.1, 0.15) is 5.69 Å². The Kier molecular flexibility index (Phi) is 10.6. The molecule has 0 saturated heterocycles. The molecule has 1 heterocycles. The van der Waals surface area contributed by atoms with Crippen molar-refractivity contribution in [3.63, 3.8) is 0 Å². The Morgan fingerprint density at radius 1 is 0.865 bits per heavy atom. The molecule has 0 spiro atoms. The third-order valence-electron chi connectivity index (χ3n) is 5.37.